The van der Waals surface area contributed by atoms with Crippen LogP contribution in [0, 0.1) is 0 Å². The molecule has 8 heteroatoms. The number of benzene rings is 2. The number of esters is 1. The summed E-state index contributed by atoms with van der Waals surface area (Å²) in [6, 6.07) is 11.4. The van der Waals surface area contributed by atoms with Crippen molar-refractivity contribution in [3.8, 4) is 5.75 Å². The van der Waals surface area contributed by atoms with Gasteiger partial charge in [0.05, 0.1) is 18.7 Å². The summed E-state index contributed by atoms with van der Waals surface area (Å²) in [6.45, 7) is 2.15. The van der Waals surface area contributed by atoms with E-state index in [-0.39, 0.29) is 12.6 Å². The van der Waals surface area contributed by atoms with Gasteiger partial charge in [-0.25, -0.2) is 9.59 Å². The minimum atomic E-state index is -0.606. The number of halogens is 2. The van der Waals surface area contributed by atoms with Crippen LogP contribution in [0.3, 0.4) is 0 Å². The summed E-state index contributed by atoms with van der Waals surface area (Å²) >= 11 is 12.1. The number of methoxy groups -OCH3 is 1. The molecule has 152 valence electrons. The number of allylic oxidation sites excluding steroid dienone is 1. The molecule has 1 aliphatic rings. The summed E-state index contributed by atoms with van der Waals surface area (Å²) in [4.78, 5) is 24.3. The van der Waals surface area contributed by atoms with Crippen LogP contribution >= 0.6 is 23.2 Å². The first-order valence-corrected chi connectivity index (χ1v) is 9.74. The molecule has 1 atom stereocenters. The van der Waals surface area contributed by atoms with E-state index in [1.807, 2.05) is 13.0 Å². The molecule has 1 aliphatic heterocycles. The van der Waals surface area contributed by atoms with Crippen molar-refractivity contribution in [1.29, 1.82) is 0 Å². The molecular formula is C21H20Cl2N2O4. The molecule has 2 amide bonds. The highest BCUT2D eigenvalue weighted by Gasteiger charge is 2.32. The van der Waals surface area contributed by atoms with Crippen LogP contribution in [0.4, 0.5) is 4.79 Å². The zero-order chi connectivity index (χ0) is 21.0. The molecule has 0 fully saturated rings. The highest BCUT2D eigenvalue weighted by atomic mass is 35.5. The van der Waals surface area contributed by atoms with Gasteiger partial charge >= 0.3 is 12.0 Å². The van der Waals surface area contributed by atoms with Gasteiger partial charge in [-0.05, 0) is 36.2 Å². The van der Waals surface area contributed by atoms with Crippen LogP contribution in [0.2, 0.25) is 10.0 Å². The summed E-state index contributed by atoms with van der Waals surface area (Å²) < 4.78 is 10.7. The first-order chi connectivity index (χ1) is 13.9. The van der Waals surface area contributed by atoms with Crippen LogP contribution in [0.25, 0.3) is 0 Å². The Morgan fingerprint density at radius 2 is 1.86 bits per heavy atom. The Bertz CT molecular complexity index is 958. The molecular weight excluding hydrogens is 415 g/mol. The van der Waals surface area contributed by atoms with Crippen molar-refractivity contribution in [2.24, 2.45) is 0 Å². The Kier molecular flexibility index (Phi) is 6.67. The molecule has 0 aromatic heterocycles. The van der Waals surface area contributed by atoms with Crippen molar-refractivity contribution in [2.45, 2.75) is 26.0 Å². The van der Waals surface area contributed by atoms with E-state index in [0.29, 0.717) is 33.5 Å². The molecule has 3 rings (SSSR count). The lowest BCUT2D eigenvalue weighted by Gasteiger charge is -2.28. The minimum absolute atomic E-state index is 0.284. The fraction of sp³-hybridized carbons (Fsp3) is 0.238. The second-order valence-corrected chi connectivity index (χ2v) is 7.21. The summed E-state index contributed by atoms with van der Waals surface area (Å²) in [5.41, 5.74) is 2.48. The quantitative estimate of drug-likeness (QED) is 0.642. The molecule has 2 aromatic carbocycles. The van der Waals surface area contributed by atoms with E-state index in [0.717, 1.165) is 11.1 Å². The average Bonchev–Trinajstić information content (AvgIpc) is 2.72. The average molecular weight is 435 g/mol. The lowest BCUT2D eigenvalue weighted by Crippen LogP contribution is -2.45. The van der Waals surface area contributed by atoms with Gasteiger partial charge in [0.25, 0.3) is 0 Å². The predicted octanol–water partition coefficient (Wildman–Crippen LogP) is 4.76. The molecule has 0 saturated heterocycles. The maximum Gasteiger partial charge on any atom is 0.337 e. The topological polar surface area (TPSA) is 76.7 Å². The third kappa shape index (κ3) is 4.83. The molecule has 29 heavy (non-hydrogen) atoms. The Morgan fingerprint density at radius 1 is 1.14 bits per heavy atom. The molecule has 0 saturated carbocycles. The monoisotopic (exact) mass is 434 g/mol. The maximum atomic E-state index is 12.3. The van der Waals surface area contributed by atoms with Crippen molar-refractivity contribution in [3.05, 3.63) is 74.9 Å². The number of hydrogen-bond acceptors (Lipinski definition) is 4. The summed E-state index contributed by atoms with van der Waals surface area (Å²) in [7, 11) is 1.31. The van der Waals surface area contributed by atoms with Crippen LogP contribution in [0.5, 0.6) is 5.75 Å². The predicted molar refractivity (Wildman–Crippen MR) is 111 cm³/mol. The van der Waals surface area contributed by atoms with Crippen molar-refractivity contribution in [1.82, 2.24) is 10.6 Å². The Labute approximate surface area is 178 Å². The number of carbonyl (C=O) groups excluding carboxylic acids is 2. The van der Waals surface area contributed by atoms with Gasteiger partial charge in [0.15, 0.2) is 0 Å². The van der Waals surface area contributed by atoms with Gasteiger partial charge in [0.1, 0.15) is 12.4 Å². The SMILES string of the molecule is CCC1=C(C(=O)OC)C(c2ccc(OCc3ccc(Cl)cc3Cl)cc2)NC(=O)N1. The Morgan fingerprint density at radius 3 is 2.48 bits per heavy atom. The highest BCUT2D eigenvalue weighted by Crippen LogP contribution is 2.30. The molecule has 0 radical (unpaired) electrons. The molecule has 1 heterocycles. The van der Waals surface area contributed by atoms with Gasteiger partial charge in [0, 0.05) is 21.3 Å². The highest BCUT2D eigenvalue weighted by molar-refractivity contribution is 6.35. The van der Waals surface area contributed by atoms with E-state index < -0.39 is 12.0 Å². The number of nitrogens with one attached hydrogen (secondary N) is 2. The Hall–Kier alpha value is -2.70. The van der Waals surface area contributed by atoms with Crippen molar-refractivity contribution < 1.29 is 19.1 Å². The fourth-order valence-corrected chi connectivity index (χ4v) is 3.52. The number of hydrogen-bond donors (Lipinski definition) is 2. The number of rotatable bonds is 6. The van der Waals surface area contributed by atoms with E-state index in [9.17, 15) is 9.59 Å². The smallest absolute Gasteiger partial charge is 0.337 e. The Balaban J connectivity index is 1.79. The van der Waals surface area contributed by atoms with E-state index in [1.54, 1.807) is 36.4 Å². The maximum absolute atomic E-state index is 12.3. The van der Waals surface area contributed by atoms with Crippen molar-refractivity contribution in [3.63, 3.8) is 0 Å². The van der Waals surface area contributed by atoms with E-state index in [2.05, 4.69) is 10.6 Å². The largest absolute Gasteiger partial charge is 0.489 e. The second kappa shape index (κ2) is 9.20. The second-order valence-electron chi connectivity index (χ2n) is 6.36. The summed E-state index contributed by atoms with van der Waals surface area (Å²) in [5.74, 6) is 0.136. The van der Waals surface area contributed by atoms with Gasteiger partial charge in [-0.15, -0.1) is 0 Å². The number of ether oxygens (including phenoxy) is 2. The third-order valence-corrected chi connectivity index (χ3v) is 5.12. The van der Waals surface area contributed by atoms with Crippen molar-refractivity contribution in [2.75, 3.05) is 7.11 Å². The van der Waals surface area contributed by atoms with Gasteiger partial charge in [-0.3, -0.25) is 0 Å². The zero-order valence-electron chi connectivity index (χ0n) is 15.9. The van der Waals surface area contributed by atoms with Gasteiger partial charge in [-0.2, -0.15) is 0 Å². The first-order valence-electron chi connectivity index (χ1n) is 8.98. The fourth-order valence-electron chi connectivity index (χ4n) is 3.05. The van der Waals surface area contributed by atoms with Gasteiger partial charge in [0.2, 0.25) is 0 Å². The molecule has 0 spiro atoms. The third-order valence-electron chi connectivity index (χ3n) is 4.54. The van der Waals surface area contributed by atoms with E-state index >= 15 is 0 Å². The summed E-state index contributed by atoms with van der Waals surface area (Å²) in [6.07, 6.45) is 0.497. The van der Waals surface area contributed by atoms with Crippen LogP contribution < -0.4 is 15.4 Å². The summed E-state index contributed by atoms with van der Waals surface area (Å²) in [5, 5.41) is 6.54. The van der Waals surface area contributed by atoms with Crippen LogP contribution in [0.15, 0.2) is 53.7 Å². The zero-order valence-corrected chi connectivity index (χ0v) is 17.4. The van der Waals surface area contributed by atoms with Crippen molar-refractivity contribution >= 4 is 35.2 Å². The molecule has 2 N–H and O–H groups in total. The molecule has 1 unspecified atom stereocenters. The lowest BCUT2D eigenvalue weighted by atomic mass is 9.94. The lowest BCUT2D eigenvalue weighted by molar-refractivity contribution is -0.136. The molecule has 6 nitrogen and oxygen atoms in total. The standard InChI is InChI=1S/C21H20Cl2N2O4/c1-3-17-18(20(26)28-2)19(25-21(27)24-17)12-5-8-15(9-6-12)29-11-13-4-7-14(22)10-16(13)23/h4-10,19H,3,11H2,1-2H3,(H2,24,25,27). The first kappa shape index (κ1) is 21.0. The van der Waals surface area contributed by atoms with Gasteiger partial charge in [-0.1, -0.05) is 48.3 Å². The number of urea groups is 1. The number of amides is 2. The van der Waals surface area contributed by atoms with Crippen LogP contribution in [-0.2, 0) is 16.1 Å². The van der Waals surface area contributed by atoms with Crippen LogP contribution in [-0.4, -0.2) is 19.1 Å². The van der Waals surface area contributed by atoms with Crippen LogP contribution in [0.1, 0.15) is 30.5 Å². The molecule has 2 aromatic rings. The minimum Gasteiger partial charge on any atom is -0.489 e. The van der Waals surface area contributed by atoms with Gasteiger partial charge < -0.3 is 20.1 Å². The van der Waals surface area contributed by atoms with E-state index in [1.165, 1.54) is 7.11 Å². The normalized spacial score (nSPS) is 16.1. The van der Waals surface area contributed by atoms with E-state index in [4.69, 9.17) is 32.7 Å². The molecule has 0 bridgehead atoms. The number of carbonyl (C=O) groups is 2. The molecule has 0 aliphatic carbocycles.